The molecule has 0 amide bonds. The molecule has 266 valence electrons. The third-order valence-electron chi connectivity index (χ3n) is 9.33. The molecule has 52 heavy (non-hydrogen) atoms. The number of aromatic hydroxyl groups is 6. The molecule has 6 N–H and O–H groups in total. The molecule has 0 saturated carbocycles. The molecule has 6 rings (SSSR count). The summed E-state index contributed by atoms with van der Waals surface area (Å²) < 4.78 is 0. The predicted molar refractivity (Wildman–Crippen MR) is 212 cm³/mol. The molecular weight excluding hydrogens is 699 g/mol. The maximum absolute atomic E-state index is 12.3. The van der Waals surface area contributed by atoms with Crippen LogP contribution in [0.2, 0.25) is 10.0 Å². The van der Waals surface area contributed by atoms with Gasteiger partial charge in [0.05, 0.1) is 22.5 Å². The number of rotatable bonds is 7. The number of hydrogen-bond acceptors (Lipinski definition) is 8. The Morgan fingerprint density at radius 1 is 0.500 bits per heavy atom. The zero-order chi connectivity index (χ0) is 37.8. The SMILES string of the molecule is Cc1cc2c(C(C)C)c(O)c(O)c(C=Nc3ccc(Cl)cc3)c2c(O)c1-c1c(C)cc2c(C(C)C)c(O)c(O)c(C=Nc3ccc(Cl)cc3)c2c1O. The minimum absolute atomic E-state index is 0.0731. The van der Waals surface area contributed by atoms with Crippen molar-refractivity contribution in [2.45, 2.75) is 53.4 Å². The topological polar surface area (TPSA) is 146 Å². The van der Waals surface area contributed by atoms with Gasteiger partial charge in [0.25, 0.3) is 0 Å². The highest BCUT2D eigenvalue weighted by molar-refractivity contribution is 6.31. The van der Waals surface area contributed by atoms with E-state index in [0.717, 1.165) is 0 Å². The van der Waals surface area contributed by atoms with Crippen LogP contribution in [0.4, 0.5) is 11.4 Å². The van der Waals surface area contributed by atoms with Gasteiger partial charge in [-0.05, 0) is 96.1 Å². The summed E-state index contributed by atoms with van der Waals surface area (Å²) >= 11 is 12.1. The molecule has 0 fully saturated rings. The zero-order valence-electron chi connectivity index (χ0n) is 29.4. The molecule has 0 aromatic heterocycles. The Bertz CT molecular complexity index is 2280. The van der Waals surface area contributed by atoms with E-state index < -0.39 is 11.5 Å². The standard InChI is InChI=1S/C42H38Cl2N2O6/c1-19(2)31-27-15-21(5)33(39(49)35(27)29(37(47)41(31)51)17-45-25-11-7-23(43)8-12-25)34-22(6)16-28-32(20(3)4)42(52)38(48)30(36(28)40(34)50)18-46-26-13-9-24(44)10-14-26/h7-20,47-52H,1-6H3. The van der Waals surface area contributed by atoms with Crippen molar-refractivity contribution in [1.82, 2.24) is 0 Å². The van der Waals surface area contributed by atoms with E-state index in [4.69, 9.17) is 23.2 Å². The molecule has 0 unspecified atom stereocenters. The summed E-state index contributed by atoms with van der Waals surface area (Å²) in [6, 6.07) is 17.1. The molecule has 10 heteroatoms. The lowest BCUT2D eigenvalue weighted by Gasteiger charge is -2.23. The van der Waals surface area contributed by atoms with Crippen molar-refractivity contribution in [3.8, 4) is 45.6 Å². The molecule has 6 aromatic carbocycles. The van der Waals surface area contributed by atoms with Crippen molar-refractivity contribution in [2.75, 3.05) is 0 Å². The summed E-state index contributed by atoms with van der Waals surface area (Å²) in [6.45, 7) is 11.0. The molecule has 0 radical (unpaired) electrons. The van der Waals surface area contributed by atoms with Gasteiger partial charge in [0.15, 0.2) is 23.0 Å². The number of hydrogen-bond donors (Lipinski definition) is 6. The van der Waals surface area contributed by atoms with Gasteiger partial charge in [0.1, 0.15) is 11.5 Å². The fraction of sp³-hybridized carbons (Fsp3) is 0.190. The molecule has 8 nitrogen and oxygen atoms in total. The summed E-state index contributed by atoms with van der Waals surface area (Å²) in [5.74, 6) is -2.57. The first-order chi connectivity index (χ1) is 24.6. The number of aryl methyl sites for hydroxylation is 2. The summed E-state index contributed by atoms with van der Waals surface area (Å²) in [6.07, 6.45) is 2.75. The van der Waals surface area contributed by atoms with Gasteiger partial charge in [-0.25, -0.2) is 0 Å². The van der Waals surface area contributed by atoms with Crippen LogP contribution < -0.4 is 0 Å². The van der Waals surface area contributed by atoms with Crippen molar-refractivity contribution in [3.05, 3.63) is 104 Å². The molecule has 0 spiro atoms. The van der Waals surface area contributed by atoms with Crippen LogP contribution in [0.3, 0.4) is 0 Å². The average Bonchev–Trinajstić information content (AvgIpc) is 3.08. The van der Waals surface area contributed by atoms with Crippen LogP contribution >= 0.6 is 23.2 Å². The number of phenolic OH excluding ortho intramolecular Hbond substituents is 6. The van der Waals surface area contributed by atoms with Crippen molar-refractivity contribution < 1.29 is 30.6 Å². The molecule has 0 aliphatic rings. The van der Waals surface area contributed by atoms with E-state index in [-0.39, 0.29) is 67.9 Å². The van der Waals surface area contributed by atoms with Gasteiger partial charge in [-0.3, -0.25) is 9.98 Å². The molecule has 0 atom stereocenters. The predicted octanol–water partition coefficient (Wildman–Crippen LogP) is 11.6. The molecule has 6 aromatic rings. The van der Waals surface area contributed by atoms with Crippen LogP contribution in [0.15, 0.2) is 70.6 Å². The Morgan fingerprint density at radius 2 is 0.827 bits per heavy atom. The number of aliphatic imine (C=N–C) groups is 2. The second-order valence-electron chi connectivity index (χ2n) is 13.5. The van der Waals surface area contributed by atoms with Gasteiger partial charge in [-0.15, -0.1) is 0 Å². The molecule has 0 aliphatic heterocycles. The lowest BCUT2D eigenvalue weighted by molar-refractivity contribution is 0.398. The van der Waals surface area contributed by atoms with E-state index >= 15 is 0 Å². The van der Waals surface area contributed by atoms with E-state index in [2.05, 4.69) is 9.98 Å². The number of phenols is 6. The highest BCUT2D eigenvalue weighted by Gasteiger charge is 2.29. The Balaban J connectivity index is 1.71. The zero-order valence-corrected chi connectivity index (χ0v) is 30.9. The van der Waals surface area contributed by atoms with Crippen LogP contribution in [0.5, 0.6) is 34.5 Å². The van der Waals surface area contributed by atoms with E-state index in [1.54, 1.807) is 74.5 Å². The van der Waals surface area contributed by atoms with Gasteiger partial charge in [0, 0.05) is 55.5 Å². The van der Waals surface area contributed by atoms with Gasteiger partial charge >= 0.3 is 0 Å². The fourth-order valence-electron chi connectivity index (χ4n) is 6.96. The second kappa shape index (κ2) is 13.9. The fourth-order valence-corrected chi connectivity index (χ4v) is 7.21. The summed E-state index contributed by atoms with van der Waals surface area (Å²) in [5.41, 5.74) is 3.73. The second-order valence-corrected chi connectivity index (χ2v) is 14.4. The highest BCUT2D eigenvalue weighted by Crippen LogP contribution is 2.54. The van der Waals surface area contributed by atoms with Crippen LogP contribution in [0.25, 0.3) is 32.7 Å². The van der Waals surface area contributed by atoms with Crippen molar-refractivity contribution >= 4 is 68.6 Å². The van der Waals surface area contributed by atoms with Gasteiger partial charge in [0.2, 0.25) is 0 Å². The first-order valence-corrected chi connectivity index (χ1v) is 17.5. The smallest absolute Gasteiger partial charge is 0.167 e. The molecule has 0 bridgehead atoms. The number of nitrogens with zero attached hydrogens (tertiary/aromatic N) is 2. The average molecular weight is 738 g/mol. The molecule has 0 saturated heterocycles. The third-order valence-corrected chi connectivity index (χ3v) is 9.83. The summed E-state index contributed by atoms with van der Waals surface area (Å²) in [5, 5.41) is 72.4. The third kappa shape index (κ3) is 6.22. The Hall–Kier alpha value is -5.44. The minimum Gasteiger partial charge on any atom is -0.507 e. The van der Waals surface area contributed by atoms with Crippen LogP contribution in [0, 0.1) is 13.8 Å². The first-order valence-electron chi connectivity index (χ1n) is 16.7. The summed E-state index contributed by atoms with van der Waals surface area (Å²) in [4.78, 5) is 9.01. The number of benzene rings is 6. The van der Waals surface area contributed by atoms with Gasteiger partial charge < -0.3 is 30.6 Å². The van der Waals surface area contributed by atoms with E-state index in [0.29, 0.717) is 54.4 Å². The van der Waals surface area contributed by atoms with Crippen LogP contribution in [-0.2, 0) is 0 Å². The lowest BCUT2D eigenvalue weighted by atomic mass is 9.83. The molecular formula is C42H38Cl2N2O6. The normalized spacial score (nSPS) is 12.1. The minimum atomic E-state index is -0.457. The van der Waals surface area contributed by atoms with Crippen molar-refractivity contribution in [2.24, 2.45) is 9.98 Å². The maximum atomic E-state index is 12.3. The Labute approximate surface area is 311 Å². The first kappa shape index (κ1) is 36.4. The van der Waals surface area contributed by atoms with Gasteiger partial charge in [-0.1, -0.05) is 63.0 Å². The van der Waals surface area contributed by atoms with E-state index in [1.165, 1.54) is 12.4 Å². The van der Waals surface area contributed by atoms with Crippen LogP contribution in [0.1, 0.15) is 72.9 Å². The Kier molecular flexibility index (Phi) is 9.75. The summed E-state index contributed by atoms with van der Waals surface area (Å²) in [7, 11) is 0. The molecule has 0 heterocycles. The molecule has 0 aliphatic carbocycles. The van der Waals surface area contributed by atoms with E-state index in [1.807, 2.05) is 27.7 Å². The van der Waals surface area contributed by atoms with Crippen LogP contribution in [-0.4, -0.2) is 43.1 Å². The number of fused-ring (bicyclic) bond motifs is 2. The maximum Gasteiger partial charge on any atom is 0.167 e. The Morgan fingerprint density at radius 3 is 1.13 bits per heavy atom. The van der Waals surface area contributed by atoms with Crippen molar-refractivity contribution in [1.29, 1.82) is 0 Å². The largest absolute Gasteiger partial charge is 0.507 e. The van der Waals surface area contributed by atoms with Crippen molar-refractivity contribution in [3.63, 3.8) is 0 Å². The highest BCUT2D eigenvalue weighted by atomic mass is 35.5. The van der Waals surface area contributed by atoms with Gasteiger partial charge in [-0.2, -0.15) is 0 Å². The van der Waals surface area contributed by atoms with E-state index in [9.17, 15) is 30.6 Å². The lowest BCUT2D eigenvalue weighted by Crippen LogP contribution is -2.01. The quantitative estimate of drug-likeness (QED) is 0.0710. The monoisotopic (exact) mass is 736 g/mol. The number of halogens is 2.